The van der Waals surface area contributed by atoms with Crippen molar-refractivity contribution in [3.8, 4) is 11.8 Å². The normalized spacial score (nSPS) is 14.8. The van der Waals surface area contributed by atoms with Crippen molar-refractivity contribution in [3.63, 3.8) is 0 Å². The quantitative estimate of drug-likeness (QED) is 0.886. The van der Waals surface area contributed by atoms with Gasteiger partial charge < -0.3 is 10.5 Å². The van der Waals surface area contributed by atoms with E-state index in [9.17, 15) is 13.2 Å². The lowest BCUT2D eigenvalue weighted by atomic mass is 10.2. The molecular weight excluding hydrogens is 233 g/mol. The summed E-state index contributed by atoms with van der Waals surface area (Å²) in [6.45, 7) is 1.22. The van der Waals surface area contributed by atoms with E-state index in [1.54, 1.807) is 0 Å². The number of halogens is 3. The molecule has 1 rings (SSSR count). The maximum Gasteiger partial charge on any atom is 0.426 e. The molecule has 0 saturated heterocycles. The molecule has 0 aliphatic carbocycles. The van der Waals surface area contributed by atoms with Crippen LogP contribution in [-0.4, -0.2) is 18.3 Å². The Morgan fingerprint density at radius 2 is 1.82 bits per heavy atom. The van der Waals surface area contributed by atoms with Crippen molar-refractivity contribution in [3.05, 3.63) is 29.8 Å². The lowest BCUT2D eigenvalue weighted by Crippen LogP contribution is -2.47. The molecule has 2 N–H and O–H groups in total. The van der Waals surface area contributed by atoms with Crippen LogP contribution >= 0.6 is 0 Å². The Morgan fingerprint density at radius 3 is 2.18 bits per heavy atom. The van der Waals surface area contributed by atoms with Crippen molar-refractivity contribution in [2.75, 3.05) is 0 Å². The fourth-order valence-electron chi connectivity index (χ4n) is 1.23. The van der Waals surface area contributed by atoms with Gasteiger partial charge in [-0.15, -0.1) is 0 Å². The number of alkyl halides is 3. The van der Waals surface area contributed by atoms with Gasteiger partial charge in [0.15, 0.2) is 0 Å². The Hall–Kier alpha value is -1.74. The van der Waals surface area contributed by atoms with Gasteiger partial charge in [-0.1, -0.05) is 0 Å². The Balaban J connectivity index is 2.84. The van der Waals surface area contributed by atoms with Crippen LogP contribution < -0.4 is 10.5 Å². The molecular formula is C11H11F3N2O. The second-order valence-corrected chi connectivity index (χ2v) is 3.58. The van der Waals surface area contributed by atoms with Gasteiger partial charge in [-0.2, -0.15) is 18.4 Å². The minimum absolute atomic E-state index is 0.0311. The van der Waals surface area contributed by atoms with Gasteiger partial charge in [0.1, 0.15) is 5.75 Å². The Labute approximate surface area is 96.6 Å². The number of nitrogens with zero attached hydrogens (tertiary/aromatic N) is 1. The fourth-order valence-corrected chi connectivity index (χ4v) is 1.23. The maximum atomic E-state index is 12.5. The number of hydrogen-bond donors (Lipinski definition) is 1. The van der Waals surface area contributed by atoms with Crippen LogP contribution in [0.3, 0.4) is 0 Å². The van der Waals surface area contributed by atoms with Crippen LogP contribution in [0.2, 0.25) is 0 Å². The summed E-state index contributed by atoms with van der Waals surface area (Å²) in [5.74, 6) is 0.0311. The summed E-state index contributed by atoms with van der Waals surface area (Å²) in [5, 5.41) is 8.54. The molecule has 0 bridgehead atoms. The van der Waals surface area contributed by atoms with Gasteiger partial charge >= 0.3 is 6.18 Å². The summed E-state index contributed by atoms with van der Waals surface area (Å²) < 4.78 is 42.4. The van der Waals surface area contributed by atoms with Gasteiger partial charge in [-0.25, -0.2) is 0 Å². The molecule has 92 valence electrons. The first-order valence-corrected chi connectivity index (χ1v) is 4.83. The van der Waals surface area contributed by atoms with Gasteiger partial charge in [0.2, 0.25) is 6.10 Å². The molecule has 0 spiro atoms. The molecule has 1 aromatic carbocycles. The minimum atomic E-state index is -4.53. The second kappa shape index (κ2) is 5.06. The Morgan fingerprint density at radius 1 is 1.29 bits per heavy atom. The molecule has 3 nitrogen and oxygen atoms in total. The van der Waals surface area contributed by atoms with E-state index in [-0.39, 0.29) is 5.75 Å². The first kappa shape index (κ1) is 13.3. The number of nitriles is 1. The highest BCUT2D eigenvalue weighted by molar-refractivity contribution is 5.34. The van der Waals surface area contributed by atoms with E-state index in [2.05, 4.69) is 0 Å². The van der Waals surface area contributed by atoms with Crippen LogP contribution in [0.25, 0.3) is 0 Å². The predicted octanol–water partition coefficient (Wildman–Crippen LogP) is 2.22. The first-order valence-electron chi connectivity index (χ1n) is 4.83. The van der Waals surface area contributed by atoms with Crippen LogP contribution in [0.4, 0.5) is 13.2 Å². The summed E-state index contributed by atoms with van der Waals surface area (Å²) in [5.41, 5.74) is 5.58. The Kier molecular flexibility index (Phi) is 3.97. The molecule has 2 atom stereocenters. The van der Waals surface area contributed by atoms with Crippen molar-refractivity contribution in [2.24, 2.45) is 5.73 Å². The molecule has 0 heterocycles. The van der Waals surface area contributed by atoms with Crippen molar-refractivity contribution < 1.29 is 17.9 Å². The smallest absolute Gasteiger partial charge is 0.426 e. The molecule has 1 aromatic rings. The van der Waals surface area contributed by atoms with Crippen LogP contribution in [-0.2, 0) is 0 Å². The van der Waals surface area contributed by atoms with Crippen LogP contribution in [0.15, 0.2) is 24.3 Å². The summed E-state index contributed by atoms with van der Waals surface area (Å²) in [6, 6.07) is 6.05. The lowest BCUT2D eigenvalue weighted by molar-refractivity contribution is -0.199. The van der Waals surface area contributed by atoms with Crippen molar-refractivity contribution in [1.82, 2.24) is 0 Å². The monoisotopic (exact) mass is 244 g/mol. The molecule has 0 aliphatic rings. The zero-order valence-electron chi connectivity index (χ0n) is 9.03. The number of hydrogen-bond acceptors (Lipinski definition) is 3. The number of nitrogens with two attached hydrogens (primary N) is 1. The minimum Gasteiger partial charge on any atom is -0.479 e. The maximum absolute atomic E-state index is 12.5. The largest absolute Gasteiger partial charge is 0.479 e. The predicted molar refractivity (Wildman–Crippen MR) is 55.3 cm³/mol. The molecule has 2 unspecified atom stereocenters. The molecule has 0 fully saturated rings. The fraction of sp³-hybridized carbons (Fsp3) is 0.364. The topological polar surface area (TPSA) is 59.0 Å². The average molecular weight is 244 g/mol. The van der Waals surface area contributed by atoms with Gasteiger partial charge in [-0.3, -0.25) is 0 Å². The number of ether oxygens (including phenoxy) is 1. The van der Waals surface area contributed by atoms with E-state index in [1.807, 2.05) is 6.07 Å². The number of benzene rings is 1. The van der Waals surface area contributed by atoms with Crippen LogP contribution in [0, 0.1) is 11.3 Å². The zero-order valence-corrected chi connectivity index (χ0v) is 9.03. The number of rotatable bonds is 3. The van der Waals surface area contributed by atoms with E-state index < -0.39 is 18.3 Å². The van der Waals surface area contributed by atoms with Crippen LogP contribution in [0.1, 0.15) is 12.5 Å². The molecule has 0 amide bonds. The molecule has 17 heavy (non-hydrogen) atoms. The van der Waals surface area contributed by atoms with E-state index in [0.717, 1.165) is 0 Å². The zero-order chi connectivity index (χ0) is 13.1. The Bertz CT molecular complexity index is 406. The summed E-state index contributed by atoms with van der Waals surface area (Å²) in [6.07, 6.45) is -6.59. The lowest BCUT2D eigenvalue weighted by Gasteiger charge is -2.24. The molecule has 0 aromatic heterocycles. The molecule has 0 saturated carbocycles. The molecule has 6 heteroatoms. The highest BCUT2D eigenvalue weighted by atomic mass is 19.4. The van der Waals surface area contributed by atoms with E-state index in [4.69, 9.17) is 15.7 Å². The first-order chi connectivity index (χ1) is 7.84. The third-order valence-electron chi connectivity index (χ3n) is 2.05. The van der Waals surface area contributed by atoms with E-state index in [0.29, 0.717) is 5.56 Å². The summed E-state index contributed by atoms with van der Waals surface area (Å²) in [4.78, 5) is 0. The highest BCUT2D eigenvalue weighted by Crippen LogP contribution is 2.26. The summed E-state index contributed by atoms with van der Waals surface area (Å²) >= 11 is 0. The van der Waals surface area contributed by atoms with Gasteiger partial charge in [0.05, 0.1) is 11.6 Å². The SMILES string of the molecule is CC(N)C(Oc1ccc(C#N)cc1)C(F)(F)F. The molecule has 0 aliphatic heterocycles. The van der Waals surface area contributed by atoms with Gasteiger partial charge in [-0.05, 0) is 31.2 Å². The van der Waals surface area contributed by atoms with Crippen molar-refractivity contribution in [2.45, 2.75) is 25.2 Å². The average Bonchev–Trinajstić information content (AvgIpc) is 2.24. The third-order valence-corrected chi connectivity index (χ3v) is 2.05. The molecule has 0 radical (unpaired) electrons. The van der Waals surface area contributed by atoms with Crippen molar-refractivity contribution in [1.29, 1.82) is 5.26 Å². The second-order valence-electron chi connectivity index (χ2n) is 3.58. The third kappa shape index (κ3) is 3.64. The van der Waals surface area contributed by atoms with Gasteiger partial charge in [0.25, 0.3) is 0 Å². The van der Waals surface area contributed by atoms with Crippen LogP contribution in [0.5, 0.6) is 5.75 Å². The van der Waals surface area contributed by atoms with Crippen molar-refractivity contribution >= 4 is 0 Å². The van der Waals surface area contributed by atoms with E-state index in [1.165, 1.54) is 31.2 Å². The summed E-state index contributed by atoms with van der Waals surface area (Å²) in [7, 11) is 0. The van der Waals surface area contributed by atoms with Gasteiger partial charge in [0, 0.05) is 6.04 Å². The van der Waals surface area contributed by atoms with E-state index >= 15 is 0 Å². The standard InChI is InChI=1S/C11H11F3N2O/c1-7(16)10(11(12,13)14)17-9-4-2-8(6-15)3-5-9/h2-5,7,10H,16H2,1H3. The highest BCUT2D eigenvalue weighted by Gasteiger charge is 2.44.